The monoisotopic (exact) mass is 352 g/mol. The van der Waals surface area contributed by atoms with E-state index in [1.807, 2.05) is 18.2 Å². The van der Waals surface area contributed by atoms with E-state index < -0.39 is 0 Å². The maximum Gasteiger partial charge on any atom is 0.224 e. The van der Waals surface area contributed by atoms with E-state index in [9.17, 15) is 0 Å². The molecule has 0 amide bonds. The second kappa shape index (κ2) is 7.12. The summed E-state index contributed by atoms with van der Waals surface area (Å²) in [6.45, 7) is 0.610. The lowest BCUT2D eigenvalue weighted by atomic mass is 10.2. The van der Waals surface area contributed by atoms with Gasteiger partial charge >= 0.3 is 0 Å². The summed E-state index contributed by atoms with van der Waals surface area (Å²) < 4.78 is 11.3. The van der Waals surface area contributed by atoms with Crippen LogP contribution in [0.25, 0.3) is 0 Å². The molecule has 0 unspecified atom stereocenters. The lowest BCUT2D eigenvalue weighted by molar-refractivity contribution is 0.354. The van der Waals surface area contributed by atoms with Gasteiger partial charge in [0.1, 0.15) is 5.82 Å². The number of hydrogen-bond donors (Lipinski definition) is 2. The molecule has 112 valence electrons. The molecule has 1 aromatic carbocycles. The van der Waals surface area contributed by atoms with Crippen molar-refractivity contribution >= 4 is 27.7 Å². The van der Waals surface area contributed by atoms with Crippen LogP contribution in [0.2, 0.25) is 0 Å². The maximum absolute atomic E-state index is 5.29. The molecule has 0 bridgehead atoms. The molecular weight excluding hydrogens is 336 g/mol. The molecule has 7 heteroatoms. The van der Waals surface area contributed by atoms with Crippen LogP contribution in [0.1, 0.15) is 5.56 Å². The zero-order chi connectivity index (χ0) is 15.2. The Morgan fingerprint density at radius 2 is 1.95 bits per heavy atom. The molecule has 0 aliphatic carbocycles. The third-order valence-electron chi connectivity index (χ3n) is 2.88. The number of hydrogen-bond acceptors (Lipinski definition) is 6. The standard InChI is InChI=1S/C14H17BrN4O2/c1-16-14-18-8-10(15)13(19-14)17-7-9-4-5-11(20-2)12(6-9)21-3/h4-6,8H,7H2,1-3H3,(H2,16,17,18,19). The van der Waals surface area contributed by atoms with E-state index in [4.69, 9.17) is 9.47 Å². The van der Waals surface area contributed by atoms with Crippen LogP contribution in [0.5, 0.6) is 11.5 Å². The summed E-state index contributed by atoms with van der Waals surface area (Å²) in [5.41, 5.74) is 1.06. The number of nitrogens with zero attached hydrogens (tertiary/aromatic N) is 2. The SMILES string of the molecule is CNc1ncc(Br)c(NCc2ccc(OC)c(OC)c2)n1. The first-order valence-corrected chi connectivity index (χ1v) is 7.12. The minimum absolute atomic E-state index is 0.563. The number of rotatable bonds is 6. The molecule has 0 spiro atoms. The van der Waals surface area contributed by atoms with Gasteiger partial charge in [-0.3, -0.25) is 0 Å². The van der Waals surface area contributed by atoms with Gasteiger partial charge in [0.25, 0.3) is 0 Å². The largest absolute Gasteiger partial charge is 0.493 e. The highest BCUT2D eigenvalue weighted by atomic mass is 79.9. The molecule has 2 N–H and O–H groups in total. The van der Waals surface area contributed by atoms with Gasteiger partial charge in [-0.15, -0.1) is 0 Å². The average Bonchev–Trinajstić information content (AvgIpc) is 2.53. The number of benzene rings is 1. The summed E-state index contributed by atoms with van der Waals surface area (Å²) >= 11 is 3.42. The summed E-state index contributed by atoms with van der Waals surface area (Å²) in [6, 6.07) is 5.78. The summed E-state index contributed by atoms with van der Waals surface area (Å²) in [5.74, 6) is 2.70. The Labute approximate surface area is 132 Å². The van der Waals surface area contributed by atoms with E-state index in [2.05, 4.69) is 36.5 Å². The van der Waals surface area contributed by atoms with Crippen LogP contribution in [-0.4, -0.2) is 31.2 Å². The van der Waals surface area contributed by atoms with Gasteiger partial charge in [0, 0.05) is 19.8 Å². The van der Waals surface area contributed by atoms with Crippen LogP contribution in [0.4, 0.5) is 11.8 Å². The van der Waals surface area contributed by atoms with Gasteiger partial charge in [0.15, 0.2) is 11.5 Å². The van der Waals surface area contributed by atoms with Crippen LogP contribution in [0.15, 0.2) is 28.9 Å². The molecule has 6 nitrogen and oxygen atoms in total. The van der Waals surface area contributed by atoms with E-state index in [-0.39, 0.29) is 0 Å². The summed E-state index contributed by atoms with van der Waals surface area (Å²) in [5, 5.41) is 6.16. The van der Waals surface area contributed by atoms with E-state index in [0.29, 0.717) is 24.0 Å². The first-order valence-electron chi connectivity index (χ1n) is 6.33. The molecule has 21 heavy (non-hydrogen) atoms. The Bertz CT molecular complexity index is 622. The summed E-state index contributed by atoms with van der Waals surface area (Å²) in [6.07, 6.45) is 1.70. The lowest BCUT2D eigenvalue weighted by Gasteiger charge is -2.11. The van der Waals surface area contributed by atoms with Crippen molar-refractivity contribution < 1.29 is 9.47 Å². The lowest BCUT2D eigenvalue weighted by Crippen LogP contribution is -2.05. The van der Waals surface area contributed by atoms with Gasteiger partial charge in [0.2, 0.25) is 5.95 Å². The Morgan fingerprint density at radius 3 is 2.62 bits per heavy atom. The van der Waals surface area contributed by atoms with E-state index in [1.165, 1.54) is 0 Å². The van der Waals surface area contributed by atoms with Crippen molar-refractivity contribution in [2.75, 3.05) is 31.9 Å². The van der Waals surface area contributed by atoms with Crippen molar-refractivity contribution in [2.45, 2.75) is 6.54 Å². The molecular formula is C14H17BrN4O2. The highest BCUT2D eigenvalue weighted by Gasteiger charge is 2.07. The quantitative estimate of drug-likeness (QED) is 0.832. The van der Waals surface area contributed by atoms with Gasteiger partial charge in [-0.1, -0.05) is 6.07 Å². The molecule has 0 aliphatic heterocycles. The van der Waals surface area contributed by atoms with Gasteiger partial charge < -0.3 is 20.1 Å². The van der Waals surface area contributed by atoms with Crippen LogP contribution >= 0.6 is 15.9 Å². The zero-order valence-corrected chi connectivity index (χ0v) is 13.7. The Balaban J connectivity index is 2.13. The number of halogens is 1. The predicted octanol–water partition coefficient (Wildman–Crippen LogP) is 2.91. The predicted molar refractivity (Wildman–Crippen MR) is 86.2 cm³/mol. The normalized spacial score (nSPS) is 10.1. The third-order valence-corrected chi connectivity index (χ3v) is 3.46. The molecule has 2 aromatic rings. The van der Waals surface area contributed by atoms with Crippen molar-refractivity contribution in [3.8, 4) is 11.5 Å². The molecule has 0 saturated heterocycles. The minimum atomic E-state index is 0.563. The molecule has 0 radical (unpaired) electrons. The fourth-order valence-electron chi connectivity index (χ4n) is 1.79. The Morgan fingerprint density at radius 1 is 1.19 bits per heavy atom. The van der Waals surface area contributed by atoms with Crippen LogP contribution in [0.3, 0.4) is 0 Å². The van der Waals surface area contributed by atoms with Crippen molar-refractivity contribution in [1.29, 1.82) is 0 Å². The van der Waals surface area contributed by atoms with Gasteiger partial charge in [-0.25, -0.2) is 4.98 Å². The number of nitrogens with one attached hydrogen (secondary N) is 2. The highest BCUT2D eigenvalue weighted by molar-refractivity contribution is 9.10. The molecule has 0 aliphatic rings. The second-order valence-corrected chi connectivity index (χ2v) is 5.04. The average molecular weight is 353 g/mol. The minimum Gasteiger partial charge on any atom is -0.493 e. The zero-order valence-electron chi connectivity index (χ0n) is 12.1. The first-order chi connectivity index (χ1) is 10.2. The fourth-order valence-corrected chi connectivity index (χ4v) is 2.12. The number of methoxy groups -OCH3 is 2. The van der Waals surface area contributed by atoms with Gasteiger partial charge in [-0.05, 0) is 33.6 Å². The van der Waals surface area contributed by atoms with Crippen LogP contribution < -0.4 is 20.1 Å². The molecule has 0 fully saturated rings. The Hall–Kier alpha value is -2.02. The third kappa shape index (κ3) is 3.75. The fraction of sp³-hybridized carbons (Fsp3) is 0.286. The number of anilines is 2. The van der Waals surface area contributed by atoms with E-state index in [0.717, 1.165) is 15.9 Å². The molecule has 2 rings (SSSR count). The molecule has 0 atom stereocenters. The van der Waals surface area contributed by atoms with Crippen molar-refractivity contribution in [2.24, 2.45) is 0 Å². The van der Waals surface area contributed by atoms with Crippen LogP contribution in [-0.2, 0) is 6.54 Å². The summed E-state index contributed by atoms with van der Waals surface area (Å²) in [4.78, 5) is 8.46. The maximum atomic E-state index is 5.29. The van der Waals surface area contributed by atoms with Crippen LogP contribution in [0, 0.1) is 0 Å². The van der Waals surface area contributed by atoms with Crippen molar-refractivity contribution in [3.63, 3.8) is 0 Å². The summed E-state index contributed by atoms with van der Waals surface area (Å²) in [7, 11) is 5.02. The highest BCUT2D eigenvalue weighted by Crippen LogP contribution is 2.28. The Kier molecular flexibility index (Phi) is 5.21. The molecule has 1 aromatic heterocycles. The van der Waals surface area contributed by atoms with Gasteiger partial charge in [0.05, 0.1) is 18.7 Å². The number of aromatic nitrogens is 2. The van der Waals surface area contributed by atoms with Crippen molar-refractivity contribution in [3.05, 3.63) is 34.4 Å². The van der Waals surface area contributed by atoms with Crippen molar-refractivity contribution in [1.82, 2.24) is 9.97 Å². The first kappa shape index (κ1) is 15.4. The second-order valence-electron chi connectivity index (χ2n) is 4.18. The number of ether oxygens (including phenoxy) is 2. The van der Waals surface area contributed by atoms with E-state index in [1.54, 1.807) is 27.5 Å². The molecule has 1 heterocycles. The molecule has 0 saturated carbocycles. The van der Waals surface area contributed by atoms with E-state index >= 15 is 0 Å². The topological polar surface area (TPSA) is 68.3 Å². The smallest absolute Gasteiger partial charge is 0.224 e. The van der Waals surface area contributed by atoms with Gasteiger partial charge in [-0.2, -0.15) is 4.98 Å².